The quantitative estimate of drug-likeness (QED) is 0.879. The van der Waals surface area contributed by atoms with Gasteiger partial charge in [-0.1, -0.05) is 30.3 Å². The van der Waals surface area contributed by atoms with Crippen LogP contribution in [0.2, 0.25) is 0 Å². The second-order valence-electron chi connectivity index (χ2n) is 6.89. The average molecular weight is 336 g/mol. The molecular weight excluding hydrogens is 312 g/mol. The van der Waals surface area contributed by atoms with Crippen molar-refractivity contribution >= 4 is 5.91 Å². The molecule has 1 aliphatic carbocycles. The zero-order chi connectivity index (χ0) is 17.1. The van der Waals surface area contributed by atoms with Gasteiger partial charge in [0.2, 0.25) is 5.91 Å². The van der Waals surface area contributed by atoms with Gasteiger partial charge in [0.05, 0.1) is 12.2 Å². The maximum absolute atomic E-state index is 13.3. The van der Waals surface area contributed by atoms with Crippen LogP contribution in [-0.4, -0.2) is 47.5 Å². The molecule has 2 aromatic rings. The fourth-order valence-electron chi connectivity index (χ4n) is 4.05. The van der Waals surface area contributed by atoms with Crippen LogP contribution in [0.3, 0.4) is 0 Å². The molecule has 25 heavy (non-hydrogen) atoms. The summed E-state index contributed by atoms with van der Waals surface area (Å²) >= 11 is 0. The van der Waals surface area contributed by atoms with Crippen molar-refractivity contribution < 1.29 is 4.79 Å². The molecule has 0 radical (unpaired) electrons. The van der Waals surface area contributed by atoms with Gasteiger partial charge >= 0.3 is 0 Å². The van der Waals surface area contributed by atoms with E-state index in [0.717, 1.165) is 44.7 Å². The molecule has 1 saturated heterocycles. The predicted octanol–water partition coefficient (Wildman–Crippen LogP) is 1.14. The summed E-state index contributed by atoms with van der Waals surface area (Å²) in [7, 11) is 0. The molecule has 1 fully saturated rings. The Morgan fingerprint density at radius 1 is 1.08 bits per heavy atom. The molecule has 0 spiro atoms. The van der Waals surface area contributed by atoms with Gasteiger partial charge in [0.15, 0.2) is 0 Å². The van der Waals surface area contributed by atoms with Gasteiger partial charge in [-0.2, -0.15) is 0 Å². The van der Waals surface area contributed by atoms with E-state index in [1.54, 1.807) is 6.20 Å². The summed E-state index contributed by atoms with van der Waals surface area (Å²) in [5.74, 6) is 0.122. The number of nitrogens with zero attached hydrogens (tertiary/aromatic N) is 2. The van der Waals surface area contributed by atoms with E-state index in [1.165, 1.54) is 11.1 Å². The minimum Gasteiger partial charge on any atom is -0.349 e. The number of piperazine rings is 1. The summed E-state index contributed by atoms with van der Waals surface area (Å²) in [6.45, 7) is 4.16. The smallest absolute Gasteiger partial charge is 0.241 e. The maximum Gasteiger partial charge on any atom is 0.241 e. The Labute approximate surface area is 148 Å². The van der Waals surface area contributed by atoms with Gasteiger partial charge in [0.1, 0.15) is 5.54 Å². The lowest BCUT2D eigenvalue weighted by molar-refractivity contribution is -0.134. The molecule has 2 N–H and O–H groups in total. The largest absolute Gasteiger partial charge is 0.349 e. The number of hydrogen-bond donors (Lipinski definition) is 2. The van der Waals surface area contributed by atoms with E-state index in [9.17, 15) is 4.79 Å². The van der Waals surface area contributed by atoms with Crippen LogP contribution in [0.5, 0.6) is 0 Å². The monoisotopic (exact) mass is 336 g/mol. The Kier molecular flexibility index (Phi) is 4.51. The van der Waals surface area contributed by atoms with Crippen molar-refractivity contribution in [2.75, 3.05) is 26.2 Å². The first-order chi connectivity index (χ1) is 12.3. The van der Waals surface area contributed by atoms with E-state index in [0.29, 0.717) is 6.54 Å². The van der Waals surface area contributed by atoms with E-state index < -0.39 is 5.54 Å². The van der Waals surface area contributed by atoms with Gasteiger partial charge in [-0.15, -0.1) is 0 Å². The van der Waals surface area contributed by atoms with Crippen LogP contribution >= 0.6 is 0 Å². The summed E-state index contributed by atoms with van der Waals surface area (Å²) in [6, 6.07) is 14.2. The standard InChI is InChI=1S/C20H24N4O/c25-19(23-15-18-7-3-4-8-22-18)20(24-11-9-21-10-12-24)13-16-5-1-2-6-17(16)14-20/h1-8,21H,9-15H2,(H,23,25). The van der Waals surface area contributed by atoms with Crippen molar-refractivity contribution in [2.45, 2.75) is 24.9 Å². The summed E-state index contributed by atoms with van der Waals surface area (Å²) in [6.07, 6.45) is 3.34. The molecular formula is C20H24N4O. The van der Waals surface area contributed by atoms with Crippen LogP contribution in [0.4, 0.5) is 0 Å². The highest BCUT2D eigenvalue weighted by molar-refractivity contribution is 5.88. The zero-order valence-electron chi connectivity index (χ0n) is 14.4. The number of amides is 1. The Hall–Kier alpha value is -2.24. The van der Waals surface area contributed by atoms with E-state index >= 15 is 0 Å². The number of rotatable bonds is 4. The maximum atomic E-state index is 13.3. The number of hydrogen-bond acceptors (Lipinski definition) is 4. The number of aromatic nitrogens is 1. The Balaban J connectivity index is 1.56. The third-order valence-electron chi connectivity index (χ3n) is 5.39. The van der Waals surface area contributed by atoms with Gasteiger partial charge in [-0.05, 0) is 23.3 Å². The summed E-state index contributed by atoms with van der Waals surface area (Å²) < 4.78 is 0. The third kappa shape index (κ3) is 3.17. The lowest BCUT2D eigenvalue weighted by Crippen LogP contribution is -2.63. The van der Waals surface area contributed by atoms with E-state index in [-0.39, 0.29) is 5.91 Å². The topological polar surface area (TPSA) is 57.3 Å². The number of benzene rings is 1. The summed E-state index contributed by atoms with van der Waals surface area (Å²) in [5, 5.41) is 6.54. The number of pyridine rings is 1. The molecule has 1 aliphatic heterocycles. The molecule has 0 unspecified atom stereocenters. The highest BCUT2D eigenvalue weighted by Crippen LogP contribution is 2.35. The van der Waals surface area contributed by atoms with Crippen molar-refractivity contribution in [3.8, 4) is 0 Å². The Morgan fingerprint density at radius 2 is 1.76 bits per heavy atom. The second-order valence-corrected chi connectivity index (χ2v) is 6.89. The first kappa shape index (κ1) is 16.2. The fourth-order valence-corrected chi connectivity index (χ4v) is 4.05. The normalized spacial score (nSPS) is 19.4. The van der Waals surface area contributed by atoms with Gasteiger partial charge in [-0.3, -0.25) is 14.7 Å². The molecule has 0 saturated carbocycles. The minimum atomic E-state index is -0.472. The number of carbonyl (C=O) groups is 1. The molecule has 0 bridgehead atoms. The number of nitrogens with one attached hydrogen (secondary N) is 2. The molecule has 130 valence electrons. The fraction of sp³-hybridized carbons (Fsp3) is 0.400. The minimum absolute atomic E-state index is 0.122. The van der Waals surface area contributed by atoms with E-state index in [2.05, 4.69) is 44.8 Å². The SMILES string of the molecule is O=C(NCc1ccccn1)C1(N2CCNCC2)Cc2ccccc2C1. The third-order valence-corrected chi connectivity index (χ3v) is 5.39. The molecule has 1 aromatic carbocycles. The van der Waals surface area contributed by atoms with Gasteiger partial charge in [0, 0.05) is 45.2 Å². The highest BCUT2D eigenvalue weighted by Gasteiger charge is 2.48. The number of fused-ring (bicyclic) bond motifs is 1. The molecule has 2 heterocycles. The first-order valence-electron chi connectivity index (χ1n) is 8.99. The second kappa shape index (κ2) is 6.94. The lowest BCUT2D eigenvalue weighted by atomic mass is 9.91. The zero-order valence-corrected chi connectivity index (χ0v) is 14.4. The van der Waals surface area contributed by atoms with E-state index in [1.807, 2.05) is 18.2 Å². The van der Waals surface area contributed by atoms with Crippen LogP contribution < -0.4 is 10.6 Å². The van der Waals surface area contributed by atoms with Crippen molar-refractivity contribution in [2.24, 2.45) is 0 Å². The molecule has 1 aromatic heterocycles. The van der Waals surface area contributed by atoms with Gasteiger partial charge < -0.3 is 10.6 Å². The molecule has 5 nitrogen and oxygen atoms in total. The van der Waals surface area contributed by atoms with Crippen LogP contribution in [0.15, 0.2) is 48.7 Å². The number of carbonyl (C=O) groups excluding carboxylic acids is 1. The van der Waals surface area contributed by atoms with E-state index in [4.69, 9.17) is 0 Å². The van der Waals surface area contributed by atoms with Gasteiger partial charge in [0.25, 0.3) is 0 Å². The van der Waals surface area contributed by atoms with Crippen LogP contribution in [0.1, 0.15) is 16.8 Å². The van der Waals surface area contributed by atoms with Crippen molar-refractivity contribution in [1.82, 2.24) is 20.5 Å². The lowest BCUT2D eigenvalue weighted by Gasteiger charge is -2.42. The molecule has 4 rings (SSSR count). The van der Waals surface area contributed by atoms with Crippen LogP contribution in [-0.2, 0) is 24.2 Å². The van der Waals surface area contributed by atoms with Crippen molar-refractivity contribution in [1.29, 1.82) is 0 Å². The molecule has 5 heteroatoms. The Morgan fingerprint density at radius 3 is 2.40 bits per heavy atom. The van der Waals surface area contributed by atoms with Crippen molar-refractivity contribution in [3.05, 3.63) is 65.5 Å². The van der Waals surface area contributed by atoms with Crippen LogP contribution in [0, 0.1) is 0 Å². The average Bonchev–Trinajstić information content (AvgIpc) is 3.08. The first-order valence-corrected chi connectivity index (χ1v) is 8.99. The van der Waals surface area contributed by atoms with Crippen LogP contribution in [0.25, 0.3) is 0 Å². The molecule has 1 amide bonds. The summed E-state index contributed by atoms with van der Waals surface area (Å²) in [4.78, 5) is 20.0. The highest BCUT2D eigenvalue weighted by atomic mass is 16.2. The summed E-state index contributed by atoms with van der Waals surface area (Å²) in [5.41, 5.74) is 3.02. The predicted molar refractivity (Wildman–Crippen MR) is 97.1 cm³/mol. The van der Waals surface area contributed by atoms with Gasteiger partial charge in [-0.25, -0.2) is 0 Å². The molecule has 0 atom stereocenters. The Bertz CT molecular complexity index is 715. The molecule has 2 aliphatic rings. The van der Waals surface area contributed by atoms with Crippen molar-refractivity contribution in [3.63, 3.8) is 0 Å².